The highest BCUT2D eigenvalue weighted by atomic mass is 15.1. The standard InChI is InChI=1S/C10H21N/c1-8-6-9(11(4)5)10(2,3)7-8/h8-9H,6-7H2,1-5H3. The van der Waals surface area contributed by atoms with Gasteiger partial charge < -0.3 is 4.90 Å². The number of nitrogens with zero attached hydrogens (tertiary/aromatic N) is 1. The molecule has 0 spiro atoms. The summed E-state index contributed by atoms with van der Waals surface area (Å²) < 4.78 is 0. The number of hydrogen-bond donors (Lipinski definition) is 0. The van der Waals surface area contributed by atoms with E-state index in [9.17, 15) is 0 Å². The molecule has 0 heterocycles. The van der Waals surface area contributed by atoms with E-state index in [0.29, 0.717) is 5.41 Å². The lowest BCUT2D eigenvalue weighted by molar-refractivity contribution is 0.169. The van der Waals surface area contributed by atoms with Crippen molar-refractivity contribution in [1.82, 2.24) is 4.90 Å². The first-order chi connectivity index (χ1) is 4.93. The van der Waals surface area contributed by atoms with Crippen LogP contribution in [-0.2, 0) is 0 Å². The van der Waals surface area contributed by atoms with Crippen LogP contribution in [0.1, 0.15) is 33.6 Å². The number of rotatable bonds is 1. The smallest absolute Gasteiger partial charge is 0.0143 e. The van der Waals surface area contributed by atoms with Crippen molar-refractivity contribution in [3.63, 3.8) is 0 Å². The second kappa shape index (κ2) is 2.78. The fourth-order valence-electron chi connectivity index (χ4n) is 2.73. The summed E-state index contributed by atoms with van der Waals surface area (Å²) in [5.74, 6) is 0.914. The van der Waals surface area contributed by atoms with E-state index in [-0.39, 0.29) is 0 Å². The first-order valence-electron chi connectivity index (χ1n) is 4.60. The van der Waals surface area contributed by atoms with Crippen LogP contribution in [0.3, 0.4) is 0 Å². The van der Waals surface area contributed by atoms with E-state index < -0.39 is 0 Å². The first-order valence-corrected chi connectivity index (χ1v) is 4.60. The minimum atomic E-state index is 0.531. The van der Waals surface area contributed by atoms with Gasteiger partial charge in [0.25, 0.3) is 0 Å². The van der Waals surface area contributed by atoms with Crippen molar-refractivity contribution in [3.05, 3.63) is 0 Å². The molecule has 11 heavy (non-hydrogen) atoms. The number of hydrogen-bond acceptors (Lipinski definition) is 1. The lowest BCUT2D eigenvalue weighted by atomic mass is 9.86. The van der Waals surface area contributed by atoms with E-state index in [2.05, 4.69) is 39.8 Å². The topological polar surface area (TPSA) is 3.24 Å². The van der Waals surface area contributed by atoms with E-state index in [1.807, 2.05) is 0 Å². The molecule has 0 aliphatic heterocycles. The Balaban J connectivity index is 2.66. The first kappa shape index (κ1) is 9.05. The van der Waals surface area contributed by atoms with Gasteiger partial charge in [-0.2, -0.15) is 0 Å². The van der Waals surface area contributed by atoms with Crippen LogP contribution in [0.4, 0.5) is 0 Å². The van der Waals surface area contributed by atoms with Crippen LogP contribution in [0.2, 0.25) is 0 Å². The van der Waals surface area contributed by atoms with E-state index in [0.717, 1.165) is 12.0 Å². The summed E-state index contributed by atoms with van der Waals surface area (Å²) in [5.41, 5.74) is 0.531. The third-order valence-corrected chi connectivity index (χ3v) is 3.03. The van der Waals surface area contributed by atoms with E-state index >= 15 is 0 Å². The van der Waals surface area contributed by atoms with Gasteiger partial charge >= 0.3 is 0 Å². The van der Waals surface area contributed by atoms with Crippen LogP contribution in [-0.4, -0.2) is 25.0 Å². The zero-order chi connectivity index (χ0) is 8.65. The molecule has 0 amide bonds. The summed E-state index contributed by atoms with van der Waals surface area (Å²) in [6.45, 7) is 7.15. The molecule has 0 N–H and O–H groups in total. The molecule has 0 radical (unpaired) electrons. The monoisotopic (exact) mass is 155 g/mol. The third kappa shape index (κ3) is 1.76. The maximum Gasteiger partial charge on any atom is 0.0143 e. The third-order valence-electron chi connectivity index (χ3n) is 3.03. The molecule has 1 rings (SSSR count). The fraction of sp³-hybridized carbons (Fsp3) is 1.00. The van der Waals surface area contributed by atoms with Gasteiger partial charge in [0.1, 0.15) is 0 Å². The van der Waals surface area contributed by atoms with Crippen molar-refractivity contribution in [1.29, 1.82) is 0 Å². The normalized spacial score (nSPS) is 36.5. The molecule has 1 heteroatoms. The maximum absolute atomic E-state index is 2.39. The zero-order valence-electron chi connectivity index (χ0n) is 8.52. The molecule has 0 aromatic heterocycles. The zero-order valence-corrected chi connectivity index (χ0v) is 8.52. The molecule has 0 bridgehead atoms. The summed E-state index contributed by atoms with van der Waals surface area (Å²) in [6.07, 6.45) is 2.76. The summed E-state index contributed by atoms with van der Waals surface area (Å²) in [5, 5.41) is 0. The van der Waals surface area contributed by atoms with Gasteiger partial charge in [0, 0.05) is 6.04 Å². The van der Waals surface area contributed by atoms with Gasteiger partial charge in [-0.3, -0.25) is 0 Å². The van der Waals surface area contributed by atoms with Gasteiger partial charge in [0.05, 0.1) is 0 Å². The molecule has 1 aliphatic carbocycles. The van der Waals surface area contributed by atoms with Crippen LogP contribution < -0.4 is 0 Å². The highest BCUT2D eigenvalue weighted by Gasteiger charge is 2.39. The highest BCUT2D eigenvalue weighted by molar-refractivity contribution is 4.92. The van der Waals surface area contributed by atoms with Gasteiger partial charge in [-0.1, -0.05) is 20.8 Å². The molecule has 1 aliphatic rings. The maximum atomic E-state index is 2.39. The SMILES string of the molecule is CC1CC(N(C)C)C(C)(C)C1. The lowest BCUT2D eigenvalue weighted by Gasteiger charge is -2.32. The lowest BCUT2D eigenvalue weighted by Crippen LogP contribution is -2.36. The van der Waals surface area contributed by atoms with Gasteiger partial charge in [0.2, 0.25) is 0 Å². The summed E-state index contributed by atoms with van der Waals surface area (Å²) in [4.78, 5) is 2.38. The van der Waals surface area contributed by atoms with Crippen molar-refractivity contribution in [3.8, 4) is 0 Å². The average molecular weight is 155 g/mol. The van der Waals surface area contributed by atoms with Gasteiger partial charge in [-0.05, 0) is 38.3 Å². The van der Waals surface area contributed by atoms with E-state index in [1.165, 1.54) is 12.8 Å². The summed E-state index contributed by atoms with van der Waals surface area (Å²) in [7, 11) is 4.40. The fourth-order valence-corrected chi connectivity index (χ4v) is 2.73. The Kier molecular flexibility index (Phi) is 2.29. The molecule has 1 nitrogen and oxygen atoms in total. The van der Waals surface area contributed by atoms with Crippen molar-refractivity contribution in [2.45, 2.75) is 39.7 Å². The average Bonchev–Trinajstić information content (AvgIpc) is 2.04. The molecular weight excluding hydrogens is 134 g/mol. The van der Waals surface area contributed by atoms with E-state index in [4.69, 9.17) is 0 Å². The van der Waals surface area contributed by atoms with Crippen molar-refractivity contribution >= 4 is 0 Å². The van der Waals surface area contributed by atoms with Gasteiger partial charge in [0.15, 0.2) is 0 Å². The minimum absolute atomic E-state index is 0.531. The van der Waals surface area contributed by atoms with Crippen molar-refractivity contribution in [2.75, 3.05) is 14.1 Å². The van der Waals surface area contributed by atoms with Gasteiger partial charge in [-0.15, -0.1) is 0 Å². The second-order valence-corrected chi connectivity index (χ2v) is 5.01. The molecular formula is C10H21N. The van der Waals surface area contributed by atoms with Crippen LogP contribution in [0.25, 0.3) is 0 Å². The van der Waals surface area contributed by atoms with Crippen LogP contribution in [0, 0.1) is 11.3 Å². The molecule has 0 saturated heterocycles. The molecule has 2 atom stereocenters. The van der Waals surface area contributed by atoms with Crippen molar-refractivity contribution < 1.29 is 0 Å². The Morgan fingerprint density at radius 2 is 1.82 bits per heavy atom. The summed E-state index contributed by atoms with van der Waals surface area (Å²) in [6, 6.07) is 0.789. The Morgan fingerprint density at radius 1 is 1.27 bits per heavy atom. The molecule has 2 unspecified atom stereocenters. The Labute approximate surface area is 70.8 Å². The Bertz CT molecular complexity index is 138. The second-order valence-electron chi connectivity index (χ2n) is 5.01. The Morgan fingerprint density at radius 3 is 2.00 bits per heavy atom. The van der Waals surface area contributed by atoms with Crippen LogP contribution in [0.15, 0.2) is 0 Å². The highest BCUT2D eigenvalue weighted by Crippen LogP contribution is 2.42. The molecule has 0 aromatic carbocycles. The quantitative estimate of drug-likeness (QED) is 0.562. The molecule has 1 fully saturated rings. The molecule has 1 saturated carbocycles. The van der Waals surface area contributed by atoms with Crippen LogP contribution in [0.5, 0.6) is 0 Å². The molecule has 0 aromatic rings. The Hall–Kier alpha value is -0.0400. The van der Waals surface area contributed by atoms with Gasteiger partial charge in [-0.25, -0.2) is 0 Å². The summed E-state index contributed by atoms with van der Waals surface area (Å²) >= 11 is 0. The van der Waals surface area contributed by atoms with Crippen LogP contribution >= 0.6 is 0 Å². The van der Waals surface area contributed by atoms with E-state index in [1.54, 1.807) is 0 Å². The van der Waals surface area contributed by atoms with Crippen molar-refractivity contribution in [2.24, 2.45) is 11.3 Å². The minimum Gasteiger partial charge on any atom is -0.306 e. The predicted octanol–water partition coefficient (Wildman–Crippen LogP) is 2.37. The largest absolute Gasteiger partial charge is 0.306 e. The molecule has 66 valence electrons. The predicted molar refractivity (Wildman–Crippen MR) is 49.7 cm³/mol.